The van der Waals surface area contributed by atoms with Gasteiger partial charge in [-0.1, -0.05) is 27.7 Å². The fraction of sp³-hybridized carbons (Fsp3) is 0.526. The van der Waals surface area contributed by atoms with Crippen LogP contribution < -0.4 is 0 Å². The molecule has 28 heavy (non-hydrogen) atoms. The van der Waals surface area contributed by atoms with Crippen LogP contribution >= 0.6 is 23.5 Å². The molecular formula is C19H28N4O3S2. The van der Waals surface area contributed by atoms with Gasteiger partial charge in [-0.2, -0.15) is 0 Å². The number of ether oxygens (including phenoxy) is 1. The van der Waals surface area contributed by atoms with Crippen molar-refractivity contribution in [2.45, 2.75) is 68.7 Å². The number of rotatable bonds is 6. The van der Waals surface area contributed by atoms with E-state index in [1.165, 1.54) is 25.1 Å². The first kappa shape index (κ1) is 24.3. The summed E-state index contributed by atoms with van der Waals surface area (Å²) in [6, 6.07) is 0. The number of carbonyl (C=O) groups excluding carboxylic acids is 1. The Morgan fingerprint density at radius 3 is 2.00 bits per heavy atom. The molecule has 0 spiro atoms. The maximum Gasteiger partial charge on any atom is 0.342 e. The Kier molecular flexibility index (Phi) is 10.4. The van der Waals surface area contributed by atoms with E-state index in [9.17, 15) is 4.79 Å². The van der Waals surface area contributed by atoms with E-state index in [0.29, 0.717) is 26.9 Å². The van der Waals surface area contributed by atoms with Gasteiger partial charge in [0.2, 0.25) is 0 Å². The normalized spacial score (nSPS) is 10.6. The van der Waals surface area contributed by atoms with Crippen molar-refractivity contribution in [1.82, 2.24) is 19.9 Å². The quantitative estimate of drug-likeness (QED) is 0.421. The lowest BCUT2D eigenvalue weighted by molar-refractivity contribution is 0.0595. The first-order chi connectivity index (χ1) is 13.2. The van der Waals surface area contributed by atoms with E-state index in [1.807, 2.05) is 20.8 Å². The van der Waals surface area contributed by atoms with Gasteiger partial charge in [-0.25, -0.2) is 24.7 Å². The van der Waals surface area contributed by atoms with Crippen LogP contribution in [0, 0.1) is 13.8 Å². The van der Waals surface area contributed by atoms with Crippen LogP contribution in [0.15, 0.2) is 22.4 Å². The molecule has 0 aromatic carbocycles. The van der Waals surface area contributed by atoms with Gasteiger partial charge in [-0.05, 0) is 13.8 Å². The van der Waals surface area contributed by atoms with Gasteiger partial charge in [-0.3, -0.25) is 0 Å². The lowest BCUT2D eigenvalue weighted by Crippen LogP contribution is -2.07. The molecule has 2 heterocycles. The highest BCUT2D eigenvalue weighted by Crippen LogP contribution is 2.25. The van der Waals surface area contributed by atoms with Crippen LogP contribution in [0.25, 0.3) is 0 Å². The van der Waals surface area contributed by atoms with E-state index in [1.54, 1.807) is 24.9 Å². The maximum atomic E-state index is 11.4. The second kappa shape index (κ2) is 12.0. The number of aliphatic hydroxyl groups is 1. The van der Waals surface area contributed by atoms with Crippen molar-refractivity contribution >= 4 is 29.5 Å². The molecule has 0 aliphatic carbocycles. The molecule has 2 rings (SSSR count). The second-order valence-corrected chi connectivity index (χ2v) is 9.50. The Hall–Kier alpha value is -1.71. The summed E-state index contributed by atoms with van der Waals surface area (Å²) in [6.07, 6.45) is 3.20. The van der Waals surface area contributed by atoms with Gasteiger partial charge >= 0.3 is 5.97 Å². The van der Waals surface area contributed by atoms with Crippen LogP contribution in [0.1, 0.15) is 55.3 Å². The minimum atomic E-state index is -0.391. The molecule has 2 aromatic rings. The predicted octanol–water partition coefficient (Wildman–Crippen LogP) is 3.85. The number of methoxy groups -OCH3 is 1. The Bertz CT molecular complexity index is 786. The topological polar surface area (TPSA) is 98.1 Å². The number of hydrogen-bond acceptors (Lipinski definition) is 9. The van der Waals surface area contributed by atoms with Crippen molar-refractivity contribution in [1.29, 1.82) is 0 Å². The predicted molar refractivity (Wildman–Crippen MR) is 113 cm³/mol. The Balaban J connectivity index is 0.000000283. The zero-order chi connectivity index (χ0) is 21.3. The number of hydrogen-bond donors (Lipinski definition) is 1. The molecule has 0 aliphatic heterocycles. The third kappa shape index (κ3) is 8.12. The number of carbonyl (C=O) groups is 1. The molecule has 0 unspecified atom stereocenters. The number of esters is 1. The number of thioether (sulfide) groups is 2. The van der Waals surface area contributed by atoms with E-state index >= 15 is 0 Å². The molecule has 7 nitrogen and oxygen atoms in total. The molecule has 0 saturated carbocycles. The summed E-state index contributed by atoms with van der Waals surface area (Å²) in [5, 5.41) is 11.4. The summed E-state index contributed by atoms with van der Waals surface area (Å²) in [4.78, 5) is 27.9. The largest absolute Gasteiger partial charge is 0.465 e. The maximum absolute atomic E-state index is 11.4. The van der Waals surface area contributed by atoms with E-state index in [4.69, 9.17) is 5.11 Å². The monoisotopic (exact) mass is 424 g/mol. The number of aryl methyl sites for hydroxylation is 2. The summed E-state index contributed by atoms with van der Waals surface area (Å²) >= 11 is 3.18. The first-order valence-electron chi connectivity index (χ1n) is 8.86. The van der Waals surface area contributed by atoms with Crippen molar-refractivity contribution in [2.24, 2.45) is 0 Å². The molecule has 0 radical (unpaired) electrons. The van der Waals surface area contributed by atoms with Crippen molar-refractivity contribution in [3.8, 4) is 0 Å². The van der Waals surface area contributed by atoms with E-state index in [2.05, 4.69) is 38.5 Å². The fourth-order valence-electron chi connectivity index (χ4n) is 1.92. The van der Waals surface area contributed by atoms with Gasteiger partial charge in [0, 0.05) is 28.5 Å². The SMILES string of the molecule is COC(=O)c1cnc(C)nc1SC(C)C.Cc1ncc(CO)c(SC(C)C)n1. The molecule has 0 aliphatic rings. The van der Waals surface area contributed by atoms with Crippen LogP contribution in [-0.2, 0) is 11.3 Å². The standard InChI is InChI=1S/C10H14N2O2S.C9H14N2OS/c1-6(2)15-9-8(10(13)14-4)5-11-7(3)12-9;1-6(2)13-9-8(5-12)4-10-7(3)11-9/h5-6H,1-4H3;4,6,12H,5H2,1-3H3. The van der Waals surface area contributed by atoms with Crippen molar-refractivity contribution in [3.05, 3.63) is 35.2 Å². The lowest BCUT2D eigenvalue weighted by Gasteiger charge is -2.08. The van der Waals surface area contributed by atoms with E-state index in [-0.39, 0.29) is 6.61 Å². The minimum absolute atomic E-state index is 0.00926. The molecule has 9 heteroatoms. The van der Waals surface area contributed by atoms with Gasteiger partial charge in [-0.15, -0.1) is 23.5 Å². The highest BCUT2D eigenvalue weighted by Gasteiger charge is 2.15. The van der Waals surface area contributed by atoms with Crippen LogP contribution in [0.4, 0.5) is 0 Å². The molecule has 2 aromatic heterocycles. The van der Waals surface area contributed by atoms with Crippen LogP contribution in [0.3, 0.4) is 0 Å². The fourth-order valence-corrected chi connectivity index (χ4v) is 3.71. The molecule has 0 fully saturated rings. The Morgan fingerprint density at radius 2 is 1.50 bits per heavy atom. The molecule has 154 valence electrons. The number of aromatic nitrogens is 4. The number of aliphatic hydroxyl groups excluding tert-OH is 1. The van der Waals surface area contributed by atoms with Gasteiger partial charge in [0.15, 0.2) is 0 Å². The molecule has 0 bridgehead atoms. The van der Waals surface area contributed by atoms with Gasteiger partial charge in [0.25, 0.3) is 0 Å². The van der Waals surface area contributed by atoms with Crippen molar-refractivity contribution in [2.75, 3.05) is 7.11 Å². The average molecular weight is 425 g/mol. The smallest absolute Gasteiger partial charge is 0.342 e. The summed E-state index contributed by atoms with van der Waals surface area (Å²) in [6.45, 7) is 11.9. The zero-order valence-corrected chi connectivity index (χ0v) is 19.0. The second-order valence-electron chi connectivity index (χ2n) is 6.37. The van der Waals surface area contributed by atoms with Crippen LogP contribution in [-0.4, -0.2) is 48.6 Å². The Morgan fingerprint density at radius 1 is 1.00 bits per heavy atom. The third-order valence-electron chi connectivity index (χ3n) is 3.09. The van der Waals surface area contributed by atoms with Gasteiger partial charge < -0.3 is 9.84 Å². The van der Waals surface area contributed by atoms with Gasteiger partial charge in [0.1, 0.15) is 27.3 Å². The highest BCUT2D eigenvalue weighted by atomic mass is 32.2. The lowest BCUT2D eigenvalue weighted by atomic mass is 10.3. The first-order valence-corrected chi connectivity index (χ1v) is 10.6. The summed E-state index contributed by atoms with van der Waals surface area (Å²) in [7, 11) is 1.35. The average Bonchev–Trinajstić information content (AvgIpc) is 2.61. The van der Waals surface area contributed by atoms with Crippen LogP contribution in [0.2, 0.25) is 0 Å². The summed E-state index contributed by atoms with van der Waals surface area (Å²) < 4.78 is 4.67. The molecule has 1 N–H and O–H groups in total. The van der Waals surface area contributed by atoms with E-state index in [0.717, 1.165) is 16.4 Å². The molecule has 0 saturated heterocycles. The highest BCUT2D eigenvalue weighted by molar-refractivity contribution is 8.00. The molecule has 0 atom stereocenters. The molecular weight excluding hydrogens is 396 g/mol. The van der Waals surface area contributed by atoms with E-state index < -0.39 is 5.97 Å². The minimum Gasteiger partial charge on any atom is -0.465 e. The van der Waals surface area contributed by atoms with Gasteiger partial charge in [0.05, 0.1) is 13.7 Å². The van der Waals surface area contributed by atoms with Crippen molar-refractivity contribution in [3.63, 3.8) is 0 Å². The summed E-state index contributed by atoms with van der Waals surface area (Å²) in [5.41, 5.74) is 1.24. The number of nitrogens with zero attached hydrogens (tertiary/aromatic N) is 4. The van der Waals surface area contributed by atoms with Crippen LogP contribution in [0.5, 0.6) is 0 Å². The van der Waals surface area contributed by atoms with Crippen molar-refractivity contribution < 1.29 is 14.6 Å². The summed E-state index contributed by atoms with van der Waals surface area (Å²) in [5.74, 6) is 1.02. The third-order valence-corrected chi connectivity index (χ3v) is 5.14. The molecule has 0 amide bonds. The Labute approximate surface area is 175 Å². The zero-order valence-electron chi connectivity index (χ0n) is 17.4.